The number of nitrogens with one attached hydrogen (secondary N) is 1. The van der Waals surface area contributed by atoms with Gasteiger partial charge in [-0.15, -0.1) is 0 Å². The van der Waals surface area contributed by atoms with E-state index in [4.69, 9.17) is 5.73 Å². The van der Waals surface area contributed by atoms with E-state index in [1.165, 1.54) is 43.0 Å². The van der Waals surface area contributed by atoms with Crippen LogP contribution in [0.2, 0.25) is 0 Å². The van der Waals surface area contributed by atoms with Crippen LogP contribution >= 0.6 is 0 Å². The van der Waals surface area contributed by atoms with E-state index in [9.17, 15) is 29.4 Å². The van der Waals surface area contributed by atoms with Gasteiger partial charge in [0, 0.05) is 26.9 Å². The van der Waals surface area contributed by atoms with Crippen molar-refractivity contribution in [3.63, 3.8) is 0 Å². The number of rotatable bonds is 13. The molecule has 0 aliphatic heterocycles. The van der Waals surface area contributed by atoms with E-state index in [1.807, 2.05) is 60.7 Å². The van der Waals surface area contributed by atoms with Crippen LogP contribution < -0.4 is 11.1 Å². The van der Waals surface area contributed by atoms with Crippen LogP contribution in [-0.2, 0) is 38.4 Å². The third kappa shape index (κ3) is 8.65. The fourth-order valence-corrected chi connectivity index (χ4v) is 4.56. The molecule has 4 atom stereocenters. The van der Waals surface area contributed by atoms with Gasteiger partial charge in [-0.3, -0.25) is 14.4 Å². The van der Waals surface area contributed by atoms with Gasteiger partial charge in [0.25, 0.3) is 0 Å². The van der Waals surface area contributed by atoms with Crippen molar-refractivity contribution in [2.24, 2.45) is 5.73 Å². The molecule has 3 aromatic carbocycles. The molecule has 10 heteroatoms. The van der Waals surface area contributed by atoms with E-state index >= 15 is 0 Å². The van der Waals surface area contributed by atoms with Crippen molar-refractivity contribution >= 4 is 23.7 Å². The molecule has 0 fully saturated rings. The summed E-state index contributed by atoms with van der Waals surface area (Å²) in [5.41, 5.74) is 8.58. The third-order valence-corrected chi connectivity index (χ3v) is 7.29. The number of amides is 3. The van der Waals surface area contributed by atoms with Crippen LogP contribution in [0.3, 0.4) is 0 Å². The summed E-state index contributed by atoms with van der Waals surface area (Å²) < 4.78 is 0. The Kier molecular flexibility index (Phi) is 11.2. The van der Waals surface area contributed by atoms with Gasteiger partial charge < -0.3 is 31.1 Å². The third-order valence-electron chi connectivity index (χ3n) is 7.29. The first kappa shape index (κ1) is 31.8. The average molecular weight is 575 g/mol. The number of nitrogens with two attached hydrogens (primary N) is 1. The van der Waals surface area contributed by atoms with E-state index in [0.29, 0.717) is 12.0 Å². The van der Waals surface area contributed by atoms with Gasteiger partial charge in [-0.25, -0.2) is 4.79 Å². The van der Waals surface area contributed by atoms with Gasteiger partial charge in [-0.2, -0.15) is 0 Å². The number of phenols is 1. The number of likely N-dealkylation sites (N-methyl/N-ethyl adjacent to an activating group) is 2. The van der Waals surface area contributed by atoms with Crippen molar-refractivity contribution in [2.45, 2.75) is 50.4 Å². The maximum absolute atomic E-state index is 13.8. The summed E-state index contributed by atoms with van der Waals surface area (Å²) in [4.78, 5) is 54.8. The van der Waals surface area contributed by atoms with E-state index < -0.39 is 47.9 Å². The zero-order valence-electron chi connectivity index (χ0n) is 24.0. The van der Waals surface area contributed by atoms with Crippen LogP contribution in [0.4, 0.5) is 0 Å². The van der Waals surface area contributed by atoms with E-state index in [-0.39, 0.29) is 18.6 Å². The maximum Gasteiger partial charge on any atom is 0.326 e. The van der Waals surface area contributed by atoms with Crippen molar-refractivity contribution in [1.29, 1.82) is 0 Å². The Morgan fingerprint density at radius 1 is 0.738 bits per heavy atom. The predicted molar refractivity (Wildman–Crippen MR) is 158 cm³/mol. The monoisotopic (exact) mass is 574 g/mol. The molecule has 3 amide bonds. The Labute approximate surface area is 245 Å². The minimum absolute atomic E-state index is 0.0150. The van der Waals surface area contributed by atoms with Crippen molar-refractivity contribution in [1.82, 2.24) is 15.1 Å². The fourth-order valence-electron chi connectivity index (χ4n) is 4.56. The summed E-state index contributed by atoms with van der Waals surface area (Å²) in [6.07, 6.45) is 0.471. The summed E-state index contributed by atoms with van der Waals surface area (Å²) >= 11 is 0. The highest BCUT2D eigenvalue weighted by molar-refractivity contribution is 5.94. The lowest BCUT2D eigenvalue weighted by molar-refractivity contribution is -0.148. The number of aromatic hydroxyl groups is 1. The Morgan fingerprint density at radius 2 is 1.24 bits per heavy atom. The zero-order chi connectivity index (χ0) is 30.8. The highest BCUT2D eigenvalue weighted by atomic mass is 16.4. The molecule has 0 saturated carbocycles. The predicted octanol–water partition coefficient (Wildman–Crippen LogP) is 1.99. The highest BCUT2D eigenvalue weighted by Crippen LogP contribution is 2.16. The molecule has 222 valence electrons. The van der Waals surface area contributed by atoms with Gasteiger partial charge in [0.15, 0.2) is 0 Å². The Hall–Kier alpha value is -4.70. The van der Waals surface area contributed by atoms with Crippen molar-refractivity contribution in [3.05, 3.63) is 102 Å². The topological polar surface area (TPSA) is 153 Å². The number of hydrogen-bond acceptors (Lipinski definition) is 6. The molecule has 5 N–H and O–H groups in total. The van der Waals surface area contributed by atoms with E-state index in [2.05, 4.69) is 5.32 Å². The number of carboxylic acid groups (broad SMARTS) is 1. The number of phenolic OH excluding ortho intramolecular Hbond substituents is 1. The Balaban J connectivity index is 1.76. The van der Waals surface area contributed by atoms with Crippen LogP contribution in [-0.4, -0.2) is 82.0 Å². The number of hydrogen-bond donors (Lipinski definition) is 4. The Bertz CT molecular complexity index is 1350. The van der Waals surface area contributed by atoms with Gasteiger partial charge >= 0.3 is 5.97 Å². The number of nitrogens with zero attached hydrogens (tertiary/aromatic N) is 2. The molecule has 0 saturated heterocycles. The molecular weight excluding hydrogens is 536 g/mol. The normalized spacial score (nSPS) is 13.7. The van der Waals surface area contributed by atoms with Gasteiger partial charge in [0.2, 0.25) is 17.7 Å². The second-order valence-corrected chi connectivity index (χ2v) is 10.3. The summed E-state index contributed by atoms with van der Waals surface area (Å²) in [6.45, 7) is 1.50. The van der Waals surface area contributed by atoms with Gasteiger partial charge in [0.1, 0.15) is 23.9 Å². The first-order chi connectivity index (χ1) is 20.0. The molecule has 0 radical (unpaired) electrons. The first-order valence-electron chi connectivity index (χ1n) is 13.7. The lowest BCUT2D eigenvalue weighted by atomic mass is 10.0. The molecule has 3 rings (SSSR count). The largest absolute Gasteiger partial charge is 0.508 e. The molecule has 0 aromatic heterocycles. The van der Waals surface area contributed by atoms with Crippen molar-refractivity contribution in [3.8, 4) is 5.75 Å². The molecule has 0 unspecified atom stereocenters. The molecule has 0 heterocycles. The molecule has 0 aliphatic rings. The summed E-state index contributed by atoms with van der Waals surface area (Å²) in [7, 11) is 2.97. The average Bonchev–Trinajstić information content (AvgIpc) is 2.99. The van der Waals surface area contributed by atoms with Crippen LogP contribution in [0.1, 0.15) is 23.6 Å². The smallest absolute Gasteiger partial charge is 0.326 e. The quantitative estimate of drug-likeness (QED) is 0.244. The SMILES string of the molecule is C[C@@H](C(=O)N[C@@H](Cc1ccc(O)cc1)C(=O)O)N(C)C(=O)[C@H](Cc1ccccc1)N(C)C(=O)[C@@H](N)Cc1ccccc1. The highest BCUT2D eigenvalue weighted by Gasteiger charge is 2.35. The summed E-state index contributed by atoms with van der Waals surface area (Å²) in [5.74, 6) is -2.77. The van der Waals surface area contributed by atoms with E-state index in [1.54, 1.807) is 12.1 Å². The number of aliphatic carboxylic acids is 1. The van der Waals surface area contributed by atoms with Crippen molar-refractivity contribution < 1.29 is 29.4 Å². The lowest BCUT2D eigenvalue weighted by Crippen LogP contribution is -2.58. The van der Waals surface area contributed by atoms with Gasteiger partial charge in [-0.1, -0.05) is 72.8 Å². The van der Waals surface area contributed by atoms with Gasteiger partial charge in [0.05, 0.1) is 6.04 Å². The van der Waals surface area contributed by atoms with Crippen molar-refractivity contribution in [2.75, 3.05) is 14.1 Å². The summed E-state index contributed by atoms with van der Waals surface area (Å²) in [6, 6.07) is 20.4. The van der Waals surface area contributed by atoms with Crippen LogP contribution in [0.25, 0.3) is 0 Å². The number of benzene rings is 3. The van der Waals surface area contributed by atoms with Gasteiger partial charge in [-0.05, 0) is 42.2 Å². The van der Waals surface area contributed by atoms with Crippen LogP contribution in [0.15, 0.2) is 84.9 Å². The molecular formula is C32H38N4O6. The molecule has 10 nitrogen and oxygen atoms in total. The molecule has 0 spiro atoms. The summed E-state index contributed by atoms with van der Waals surface area (Å²) in [5, 5.41) is 21.7. The Morgan fingerprint density at radius 3 is 1.76 bits per heavy atom. The van der Waals surface area contributed by atoms with E-state index in [0.717, 1.165) is 11.1 Å². The minimum Gasteiger partial charge on any atom is -0.508 e. The molecule has 42 heavy (non-hydrogen) atoms. The van der Waals surface area contributed by atoms with Crippen LogP contribution in [0, 0.1) is 0 Å². The van der Waals surface area contributed by atoms with Crippen LogP contribution in [0.5, 0.6) is 5.75 Å². The molecule has 0 bridgehead atoms. The molecule has 3 aromatic rings. The maximum atomic E-state index is 13.8. The molecule has 0 aliphatic carbocycles. The second-order valence-electron chi connectivity index (χ2n) is 10.3. The second kappa shape index (κ2) is 14.8. The zero-order valence-corrected chi connectivity index (χ0v) is 24.0. The number of carbonyl (C=O) groups is 4. The fraction of sp³-hybridized carbons (Fsp3) is 0.312. The number of carboxylic acids is 1. The number of carbonyl (C=O) groups excluding carboxylic acids is 3. The first-order valence-corrected chi connectivity index (χ1v) is 13.7. The minimum atomic E-state index is -1.26. The standard InChI is InChI=1S/C32H38N4O6/c1-21(29(38)34-27(32(41)42)19-24-14-16-25(37)17-15-24)35(2)31(40)28(20-23-12-8-5-9-13-23)36(3)30(39)26(33)18-22-10-6-4-7-11-22/h4-17,21,26-28,37H,18-20,33H2,1-3H3,(H,34,38)(H,41,42)/t21-,26-,27-,28-/m0/s1. The lowest BCUT2D eigenvalue weighted by Gasteiger charge is -2.34.